The molecule has 1 heterocycles. The van der Waals surface area contributed by atoms with Gasteiger partial charge in [0.05, 0.1) is 30.9 Å². The molecule has 0 radical (unpaired) electrons. The van der Waals surface area contributed by atoms with Gasteiger partial charge < -0.3 is 20.1 Å². The Balaban J connectivity index is 2.17. The van der Waals surface area contributed by atoms with Crippen LogP contribution >= 0.6 is 0 Å². The first-order valence-corrected chi connectivity index (χ1v) is 10.6. The van der Waals surface area contributed by atoms with Crippen molar-refractivity contribution in [1.29, 1.82) is 0 Å². The predicted octanol–water partition coefficient (Wildman–Crippen LogP) is 3.93. The zero-order valence-corrected chi connectivity index (χ0v) is 17.8. The first-order valence-electron chi connectivity index (χ1n) is 10.6. The third-order valence-corrected chi connectivity index (χ3v) is 5.24. The Morgan fingerprint density at radius 1 is 1.13 bits per heavy atom. The van der Waals surface area contributed by atoms with Gasteiger partial charge in [0.25, 0.3) is 0 Å². The Morgan fingerprint density at radius 3 is 2.63 bits per heavy atom. The summed E-state index contributed by atoms with van der Waals surface area (Å²) in [5.41, 5.74) is 2.32. The van der Waals surface area contributed by atoms with Crippen molar-refractivity contribution in [2.24, 2.45) is 0 Å². The number of aliphatic hydroxyl groups is 3. The lowest BCUT2D eigenvalue weighted by Crippen LogP contribution is -2.23. The summed E-state index contributed by atoms with van der Waals surface area (Å²) in [7, 11) is 1.32. The first-order chi connectivity index (χ1) is 14.5. The average Bonchev–Trinajstić information content (AvgIpc) is 2.76. The van der Waals surface area contributed by atoms with E-state index in [2.05, 4.69) is 16.6 Å². The molecule has 0 bridgehead atoms. The largest absolute Gasteiger partial charge is 0.469 e. The number of para-hydroxylation sites is 1. The van der Waals surface area contributed by atoms with Crippen LogP contribution in [-0.4, -0.2) is 45.6 Å². The molecular weight excluding hydrogens is 382 g/mol. The highest BCUT2D eigenvalue weighted by molar-refractivity contribution is 5.85. The molecular formula is C24H33NO5. The number of carbonyl (C=O) groups is 1. The van der Waals surface area contributed by atoms with E-state index in [0.717, 1.165) is 41.3 Å². The number of rotatable bonds is 12. The Hall–Kier alpha value is -2.28. The van der Waals surface area contributed by atoms with Gasteiger partial charge in [-0.25, -0.2) is 0 Å². The summed E-state index contributed by atoms with van der Waals surface area (Å²) < 4.78 is 4.58. The van der Waals surface area contributed by atoms with E-state index in [9.17, 15) is 20.1 Å². The van der Waals surface area contributed by atoms with Gasteiger partial charge in [0, 0.05) is 18.0 Å². The first kappa shape index (κ1) is 24.0. The summed E-state index contributed by atoms with van der Waals surface area (Å²) in [5, 5.41) is 32.2. The van der Waals surface area contributed by atoms with Gasteiger partial charge in [-0.3, -0.25) is 9.78 Å². The van der Waals surface area contributed by atoms with Crippen molar-refractivity contribution >= 4 is 22.9 Å². The molecule has 6 nitrogen and oxygen atoms in total. The van der Waals surface area contributed by atoms with Crippen molar-refractivity contribution in [2.45, 2.75) is 70.2 Å². The Labute approximate surface area is 178 Å². The standard InChI is InChI=1S/C24H33NO5/c1-3-4-5-11-22(28)24-17(16-25-19-10-7-6-9-18(19)24)14-15-21(27)20(26)12-8-13-23(29)30-2/h6-7,9-10,14-16,20-22,26-28H,3-5,8,11-13H2,1-2H3/b15-14+/t20-,21+,22?/m0/s1. The zero-order valence-electron chi connectivity index (χ0n) is 17.8. The van der Waals surface area contributed by atoms with Crippen molar-refractivity contribution in [2.75, 3.05) is 7.11 Å². The van der Waals surface area contributed by atoms with E-state index in [-0.39, 0.29) is 18.8 Å². The second-order valence-electron chi connectivity index (χ2n) is 7.54. The molecule has 3 N–H and O–H groups in total. The number of fused-ring (bicyclic) bond motifs is 1. The summed E-state index contributed by atoms with van der Waals surface area (Å²) in [6, 6.07) is 7.67. The summed E-state index contributed by atoms with van der Waals surface area (Å²) in [6.45, 7) is 2.13. The van der Waals surface area contributed by atoms with Gasteiger partial charge in [0.1, 0.15) is 0 Å². The molecule has 164 valence electrons. The minimum Gasteiger partial charge on any atom is -0.469 e. The van der Waals surface area contributed by atoms with Crippen molar-refractivity contribution in [1.82, 2.24) is 4.98 Å². The monoisotopic (exact) mass is 415 g/mol. The van der Waals surface area contributed by atoms with Crippen molar-refractivity contribution in [3.8, 4) is 0 Å². The van der Waals surface area contributed by atoms with Gasteiger partial charge in [-0.15, -0.1) is 0 Å². The van der Waals surface area contributed by atoms with Crippen LogP contribution < -0.4 is 0 Å². The molecule has 0 aliphatic rings. The molecule has 0 spiro atoms. The van der Waals surface area contributed by atoms with Gasteiger partial charge >= 0.3 is 5.97 Å². The highest BCUT2D eigenvalue weighted by Gasteiger charge is 2.17. The number of aromatic nitrogens is 1. The van der Waals surface area contributed by atoms with E-state index in [0.29, 0.717) is 12.8 Å². The molecule has 1 unspecified atom stereocenters. The molecule has 0 aliphatic carbocycles. The molecule has 1 aromatic carbocycles. The molecule has 0 amide bonds. The van der Waals surface area contributed by atoms with E-state index < -0.39 is 18.3 Å². The van der Waals surface area contributed by atoms with Crippen molar-refractivity contribution < 1.29 is 24.9 Å². The predicted molar refractivity (Wildman–Crippen MR) is 118 cm³/mol. The average molecular weight is 416 g/mol. The molecule has 30 heavy (non-hydrogen) atoms. The molecule has 0 fully saturated rings. The van der Waals surface area contributed by atoms with Crippen LogP contribution in [0.25, 0.3) is 17.0 Å². The van der Waals surface area contributed by atoms with Crippen molar-refractivity contribution in [3.63, 3.8) is 0 Å². The number of unbranched alkanes of at least 4 members (excludes halogenated alkanes) is 2. The maximum Gasteiger partial charge on any atom is 0.305 e. The number of ether oxygens (including phenoxy) is 1. The van der Waals surface area contributed by atoms with Gasteiger partial charge in [0.15, 0.2) is 0 Å². The van der Waals surface area contributed by atoms with Gasteiger partial charge in [0.2, 0.25) is 0 Å². The Bertz CT molecular complexity index is 835. The smallest absolute Gasteiger partial charge is 0.305 e. The number of esters is 1. The van der Waals surface area contributed by atoms with E-state index in [1.807, 2.05) is 24.3 Å². The quantitative estimate of drug-likeness (QED) is 0.359. The van der Waals surface area contributed by atoms with Crippen LogP contribution in [0.4, 0.5) is 0 Å². The van der Waals surface area contributed by atoms with E-state index in [1.165, 1.54) is 13.2 Å². The number of hydrogen-bond donors (Lipinski definition) is 3. The third kappa shape index (κ3) is 6.90. The van der Waals surface area contributed by atoms with Gasteiger partial charge in [-0.2, -0.15) is 0 Å². The fraction of sp³-hybridized carbons (Fsp3) is 0.500. The third-order valence-electron chi connectivity index (χ3n) is 5.24. The lowest BCUT2D eigenvalue weighted by atomic mass is 9.94. The van der Waals surface area contributed by atoms with Crippen LogP contribution in [0.15, 0.2) is 36.5 Å². The maximum absolute atomic E-state index is 11.2. The molecule has 0 aliphatic heterocycles. The number of pyridine rings is 1. The number of hydrogen-bond acceptors (Lipinski definition) is 6. The van der Waals surface area contributed by atoms with Crippen LogP contribution in [0, 0.1) is 0 Å². The Kier molecular flexibility index (Phi) is 9.94. The lowest BCUT2D eigenvalue weighted by Gasteiger charge is -2.17. The van der Waals surface area contributed by atoms with E-state index >= 15 is 0 Å². The summed E-state index contributed by atoms with van der Waals surface area (Å²) in [5.74, 6) is -0.337. The fourth-order valence-electron chi connectivity index (χ4n) is 3.47. The topological polar surface area (TPSA) is 99.9 Å². The molecule has 1 aromatic heterocycles. The van der Waals surface area contributed by atoms with Crippen LogP contribution in [0.3, 0.4) is 0 Å². The second-order valence-corrected chi connectivity index (χ2v) is 7.54. The van der Waals surface area contributed by atoms with E-state index in [4.69, 9.17) is 0 Å². The van der Waals surface area contributed by atoms with Crippen molar-refractivity contribution in [3.05, 3.63) is 47.7 Å². The number of benzene rings is 1. The molecule has 0 saturated carbocycles. The maximum atomic E-state index is 11.2. The highest BCUT2D eigenvalue weighted by Crippen LogP contribution is 2.30. The fourth-order valence-corrected chi connectivity index (χ4v) is 3.47. The molecule has 0 saturated heterocycles. The molecule has 2 rings (SSSR count). The Morgan fingerprint density at radius 2 is 1.90 bits per heavy atom. The van der Waals surface area contributed by atoms with Crippen LogP contribution in [0.5, 0.6) is 0 Å². The van der Waals surface area contributed by atoms with Gasteiger partial charge in [-0.05, 0) is 36.5 Å². The molecule has 2 aromatic rings. The number of carbonyl (C=O) groups excluding carboxylic acids is 1. The normalized spacial score (nSPS) is 14.7. The van der Waals surface area contributed by atoms with Crippen LogP contribution in [0.1, 0.15) is 69.1 Å². The minimum atomic E-state index is -1.08. The lowest BCUT2D eigenvalue weighted by molar-refractivity contribution is -0.140. The van der Waals surface area contributed by atoms with Gasteiger partial charge in [-0.1, -0.05) is 56.5 Å². The minimum absolute atomic E-state index is 0.201. The summed E-state index contributed by atoms with van der Waals surface area (Å²) in [4.78, 5) is 15.6. The van der Waals surface area contributed by atoms with Crippen LogP contribution in [0.2, 0.25) is 0 Å². The highest BCUT2D eigenvalue weighted by atomic mass is 16.5. The zero-order chi connectivity index (χ0) is 21.9. The molecule has 6 heteroatoms. The summed E-state index contributed by atoms with van der Waals surface area (Å²) in [6.07, 6.45) is 6.82. The number of aliphatic hydroxyl groups excluding tert-OH is 3. The number of nitrogens with zero attached hydrogens (tertiary/aromatic N) is 1. The molecule has 3 atom stereocenters. The second kappa shape index (κ2) is 12.4. The number of methoxy groups -OCH3 is 1. The van der Waals surface area contributed by atoms with E-state index in [1.54, 1.807) is 12.3 Å². The summed E-state index contributed by atoms with van der Waals surface area (Å²) >= 11 is 0. The van der Waals surface area contributed by atoms with Crippen LogP contribution in [-0.2, 0) is 9.53 Å². The SMILES string of the molecule is CCCCCC(O)c1c(/C=C/[C@@H](O)[C@@H](O)CCCC(=O)OC)cnc2ccccc12.